The maximum atomic E-state index is 10.9. The molecule has 4 heteroatoms. The maximum Gasteiger partial charge on any atom is 0.317 e. The number of aliphatic carboxylic acids is 1. The summed E-state index contributed by atoms with van der Waals surface area (Å²) in [7, 11) is 0. The summed E-state index contributed by atoms with van der Waals surface area (Å²) in [5.74, 6) is -0.762. The highest BCUT2D eigenvalue weighted by atomic mass is 16.5. The number of ether oxygens (including phenoxy) is 1. The molecule has 0 aromatic heterocycles. The van der Waals surface area contributed by atoms with Gasteiger partial charge in [0.25, 0.3) is 0 Å². The predicted octanol–water partition coefficient (Wildman–Crippen LogP) is 3.90. The lowest BCUT2D eigenvalue weighted by atomic mass is 9.98. The molecule has 4 nitrogen and oxygen atoms in total. The number of rotatable bonds is 7. The van der Waals surface area contributed by atoms with Crippen LogP contribution < -0.4 is 0 Å². The summed E-state index contributed by atoms with van der Waals surface area (Å²) < 4.78 is 6.52. The number of carbonyl (C=O) groups is 1. The first-order valence-electron chi connectivity index (χ1n) is 9.39. The van der Waals surface area contributed by atoms with Gasteiger partial charge in [0.15, 0.2) is 0 Å². The molecule has 2 aromatic rings. The minimum atomic E-state index is -0.762. The molecule has 1 saturated heterocycles. The molecule has 1 aliphatic heterocycles. The smallest absolute Gasteiger partial charge is 0.317 e. The summed E-state index contributed by atoms with van der Waals surface area (Å²) in [4.78, 5) is 12.9. The van der Waals surface area contributed by atoms with Crippen LogP contribution in [0.4, 0.5) is 0 Å². The van der Waals surface area contributed by atoms with Crippen LogP contribution in [0.1, 0.15) is 42.6 Å². The van der Waals surface area contributed by atoms with E-state index in [0.29, 0.717) is 0 Å². The minimum absolute atomic E-state index is 0.0851. The van der Waals surface area contributed by atoms with Gasteiger partial charge in [-0.2, -0.15) is 0 Å². The van der Waals surface area contributed by atoms with Crippen molar-refractivity contribution in [2.24, 2.45) is 0 Å². The lowest BCUT2D eigenvalue weighted by Crippen LogP contribution is -2.40. The van der Waals surface area contributed by atoms with E-state index in [1.165, 1.54) is 11.1 Å². The summed E-state index contributed by atoms with van der Waals surface area (Å²) in [5.41, 5.74) is 3.65. The Hall–Kier alpha value is -2.17. The molecular formula is C22H27NO3. The topological polar surface area (TPSA) is 49.8 Å². The Morgan fingerprint density at radius 1 is 1.08 bits per heavy atom. The molecule has 1 atom stereocenters. The molecule has 0 amide bonds. The van der Waals surface area contributed by atoms with E-state index < -0.39 is 5.97 Å². The maximum absolute atomic E-state index is 10.9. The number of carboxylic acids is 1. The summed E-state index contributed by atoms with van der Waals surface area (Å²) in [6, 6.07) is 19.0. The fourth-order valence-electron chi connectivity index (χ4n) is 3.49. The zero-order valence-corrected chi connectivity index (χ0v) is 15.3. The van der Waals surface area contributed by atoms with E-state index in [1.54, 1.807) is 0 Å². The van der Waals surface area contributed by atoms with Crippen molar-refractivity contribution in [3.63, 3.8) is 0 Å². The molecule has 1 fully saturated rings. The molecule has 0 saturated carbocycles. The molecule has 138 valence electrons. The van der Waals surface area contributed by atoms with E-state index in [-0.39, 0.29) is 18.8 Å². The average molecular weight is 353 g/mol. The first kappa shape index (κ1) is 18.6. The highest BCUT2D eigenvalue weighted by Crippen LogP contribution is 2.30. The molecule has 1 aliphatic rings. The average Bonchev–Trinajstić information content (AvgIpc) is 2.68. The molecule has 1 unspecified atom stereocenters. The first-order valence-corrected chi connectivity index (χ1v) is 9.39. The fraction of sp³-hybridized carbons (Fsp3) is 0.409. The van der Waals surface area contributed by atoms with Gasteiger partial charge in [-0.15, -0.1) is 0 Å². The van der Waals surface area contributed by atoms with E-state index in [2.05, 4.69) is 43.3 Å². The van der Waals surface area contributed by atoms with Crippen molar-refractivity contribution in [3.8, 4) is 0 Å². The Kier molecular flexibility index (Phi) is 6.42. The normalized spacial score (nSPS) is 17.1. The standard InChI is InChI=1S/C22H27NO3/c1-2-17-8-10-19(11-9-17)22(18-6-4-3-5-7-18)26-20-12-14-23(15-13-20)16-21(24)25/h3-11,20,22H,2,12-16H2,1H3,(H,24,25). The third kappa shape index (κ3) is 4.93. The Morgan fingerprint density at radius 2 is 1.69 bits per heavy atom. The van der Waals surface area contributed by atoms with Gasteiger partial charge in [-0.05, 0) is 36.0 Å². The van der Waals surface area contributed by atoms with E-state index in [9.17, 15) is 4.79 Å². The van der Waals surface area contributed by atoms with Crippen LogP contribution in [0.15, 0.2) is 54.6 Å². The number of nitrogens with zero attached hydrogens (tertiary/aromatic N) is 1. The number of hydrogen-bond donors (Lipinski definition) is 1. The number of benzene rings is 2. The zero-order chi connectivity index (χ0) is 18.4. The number of carboxylic acid groups (broad SMARTS) is 1. The van der Waals surface area contributed by atoms with Crippen LogP contribution in [0.3, 0.4) is 0 Å². The van der Waals surface area contributed by atoms with Gasteiger partial charge >= 0.3 is 5.97 Å². The Balaban J connectivity index is 1.71. The summed E-state index contributed by atoms with van der Waals surface area (Å²) in [6.45, 7) is 3.82. The largest absolute Gasteiger partial charge is 0.480 e. The molecule has 2 aromatic carbocycles. The summed E-state index contributed by atoms with van der Waals surface area (Å²) in [5, 5.41) is 8.94. The Bertz CT molecular complexity index is 691. The van der Waals surface area contributed by atoms with Crippen molar-refractivity contribution in [2.45, 2.75) is 38.4 Å². The second-order valence-corrected chi connectivity index (χ2v) is 6.89. The number of piperidine rings is 1. The van der Waals surface area contributed by atoms with E-state index in [1.807, 2.05) is 23.1 Å². The molecule has 1 heterocycles. The van der Waals surface area contributed by atoms with Crippen LogP contribution in [-0.4, -0.2) is 41.7 Å². The third-order valence-electron chi connectivity index (χ3n) is 5.02. The van der Waals surface area contributed by atoms with Crippen molar-refractivity contribution < 1.29 is 14.6 Å². The Morgan fingerprint density at radius 3 is 2.27 bits per heavy atom. The second-order valence-electron chi connectivity index (χ2n) is 6.89. The van der Waals surface area contributed by atoms with Crippen LogP contribution >= 0.6 is 0 Å². The van der Waals surface area contributed by atoms with Crippen molar-refractivity contribution in [3.05, 3.63) is 71.3 Å². The van der Waals surface area contributed by atoms with Crippen molar-refractivity contribution >= 4 is 5.97 Å². The van der Waals surface area contributed by atoms with Gasteiger partial charge in [-0.3, -0.25) is 9.69 Å². The Labute approximate surface area is 155 Å². The predicted molar refractivity (Wildman–Crippen MR) is 102 cm³/mol. The molecule has 26 heavy (non-hydrogen) atoms. The van der Waals surface area contributed by atoms with Gasteiger partial charge in [-0.25, -0.2) is 0 Å². The van der Waals surface area contributed by atoms with Gasteiger partial charge in [-0.1, -0.05) is 61.5 Å². The van der Waals surface area contributed by atoms with Gasteiger partial charge in [0.05, 0.1) is 12.6 Å². The molecule has 0 bridgehead atoms. The second kappa shape index (κ2) is 8.97. The van der Waals surface area contributed by atoms with Crippen LogP contribution in [0.5, 0.6) is 0 Å². The summed E-state index contributed by atoms with van der Waals surface area (Å²) in [6.07, 6.45) is 2.82. The SMILES string of the molecule is CCc1ccc(C(OC2CCN(CC(=O)O)CC2)c2ccccc2)cc1. The van der Waals surface area contributed by atoms with Crippen LogP contribution in [0, 0.1) is 0 Å². The van der Waals surface area contributed by atoms with Crippen molar-refractivity contribution in [1.29, 1.82) is 0 Å². The number of aryl methyl sites for hydroxylation is 1. The van der Waals surface area contributed by atoms with E-state index in [0.717, 1.165) is 37.9 Å². The highest BCUT2D eigenvalue weighted by molar-refractivity contribution is 5.69. The van der Waals surface area contributed by atoms with E-state index in [4.69, 9.17) is 9.84 Å². The monoisotopic (exact) mass is 353 g/mol. The molecular weight excluding hydrogens is 326 g/mol. The van der Waals surface area contributed by atoms with Gasteiger partial charge in [0.2, 0.25) is 0 Å². The quantitative estimate of drug-likeness (QED) is 0.820. The number of hydrogen-bond acceptors (Lipinski definition) is 3. The molecule has 0 spiro atoms. The van der Waals surface area contributed by atoms with Crippen molar-refractivity contribution in [1.82, 2.24) is 4.90 Å². The molecule has 0 radical (unpaired) electrons. The molecule has 1 N–H and O–H groups in total. The van der Waals surface area contributed by atoms with Gasteiger partial charge in [0, 0.05) is 13.1 Å². The van der Waals surface area contributed by atoms with Crippen LogP contribution in [-0.2, 0) is 16.0 Å². The minimum Gasteiger partial charge on any atom is -0.480 e. The number of likely N-dealkylation sites (tertiary alicyclic amines) is 1. The van der Waals surface area contributed by atoms with Crippen LogP contribution in [0.25, 0.3) is 0 Å². The van der Waals surface area contributed by atoms with Crippen molar-refractivity contribution in [2.75, 3.05) is 19.6 Å². The first-order chi connectivity index (χ1) is 12.7. The third-order valence-corrected chi connectivity index (χ3v) is 5.02. The molecule has 3 rings (SSSR count). The fourth-order valence-corrected chi connectivity index (χ4v) is 3.49. The lowest BCUT2D eigenvalue weighted by molar-refractivity contribution is -0.139. The zero-order valence-electron chi connectivity index (χ0n) is 15.3. The van der Waals surface area contributed by atoms with Crippen LogP contribution in [0.2, 0.25) is 0 Å². The van der Waals surface area contributed by atoms with E-state index >= 15 is 0 Å². The highest BCUT2D eigenvalue weighted by Gasteiger charge is 2.25. The molecule has 0 aliphatic carbocycles. The van der Waals surface area contributed by atoms with Gasteiger partial charge in [0.1, 0.15) is 6.10 Å². The lowest BCUT2D eigenvalue weighted by Gasteiger charge is -2.33. The van der Waals surface area contributed by atoms with Gasteiger partial charge < -0.3 is 9.84 Å². The summed E-state index contributed by atoms with van der Waals surface area (Å²) >= 11 is 0.